The Morgan fingerprint density at radius 1 is 1.06 bits per heavy atom. The van der Waals surface area contributed by atoms with Crippen LogP contribution in [0.15, 0.2) is 42.5 Å². The number of aromatic hydroxyl groups is 1. The number of nitrogens with two attached hydrogens (primary N) is 1. The average molecular weight is 572 g/mol. The molecular weight excluding hydrogens is 540 g/mol. The maximum atomic E-state index is 11.3. The minimum Gasteiger partial charge on any atom is -0.508 e. The lowest BCUT2D eigenvalue weighted by atomic mass is 9.98. The fourth-order valence-electron chi connectivity index (χ4n) is 4.03. The van der Waals surface area contributed by atoms with E-state index in [1.807, 2.05) is 36.4 Å². The number of rotatable bonds is 9. The standard InChI is InChI=1S/C23H30N4O3.2BrH/c1-25-13-10-18-4-9-21(30)16-22(18)23(17-25)27(12-3-15-29)26(11-2-14-28)20-7-5-19(24)6-8-20;;/h4-9,14-16,23,30H,2-3,10-13,17,24H2,1H3;2*1H. The van der Waals surface area contributed by atoms with Crippen molar-refractivity contribution in [1.82, 2.24) is 9.91 Å². The van der Waals surface area contributed by atoms with Crippen LogP contribution in [-0.2, 0) is 16.0 Å². The molecule has 3 rings (SSSR count). The summed E-state index contributed by atoms with van der Waals surface area (Å²) in [5, 5.41) is 14.4. The number of hydrogen-bond acceptors (Lipinski definition) is 7. The number of benzene rings is 2. The van der Waals surface area contributed by atoms with Crippen LogP contribution >= 0.6 is 34.0 Å². The molecule has 0 amide bonds. The van der Waals surface area contributed by atoms with Gasteiger partial charge in [0.25, 0.3) is 0 Å². The third kappa shape index (κ3) is 7.03. The molecule has 1 heterocycles. The molecule has 0 radical (unpaired) electrons. The molecule has 176 valence electrons. The average Bonchev–Trinajstić information content (AvgIpc) is 2.90. The molecule has 0 spiro atoms. The number of hydrogen-bond donors (Lipinski definition) is 2. The molecule has 0 fully saturated rings. The highest BCUT2D eigenvalue weighted by Gasteiger charge is 2.31. The van der Waals surface area contributed by atoms with E-state index in [9.17, 15) is 14.7 Å². The summed E-state index contributed by atoms with van der Waals surface area (Å²) in [6.45, 7) is 2.63. The molecule has 9 heteroatoms. The Labute approximate surface area is 210 Å². The van der Waals surface area contributed by atoms with E-state index in [-0.39, 0.29) is 45.8 Å². The summed E-state index contributed by atoms with van der Waals surface area (Å²) in [5.74, 6) is 0.227. The topological polar surface area (TPSA) is 90.1 Å². The fourth-order valence-corrected chi connectivity index (χ4v) is 4.03. The molecule has 1 aliphatic heterocycles. The number of halogens is 2. The minimum absolute atomic E-state index is 0. The summed E-state index contributed by atoms with van der Waals surface area (Å²) in [6, 6.07) is 13.0. The van der Waals surface area contributed by atoms with Crippen molar-refractivity contribution < 1.29 is 14.7 Å². The van der Waals surface area contributed by atoms with E-state index in [1.54, 1.807) is 6.07 Å². The van der Waals surface area contributed by atoms with Gasteiger partial charge in [-0.05, 0) is 61.0 Å². The lowest BCUT2D eigenvalue weighted by Gasteiger charge is -2.42. The van der Waals surface area contributed by atoms with E-state index < -0.39 is 0 Å². The van der Waals surface area contributed by atoms with Gasteiger partial charge in [0.1, 0.15) is 18.3 Å². The van der Waals surface area contributed by atoms with E-state index in [4.69, 9.17) is 5.73 Å². The second-order valence-electron chi connectivity index (χ2n) is 7.70. The zero-order chi connectivity index (χ0) is 21.5. The molecule has 0 bridgehead atoms. The van der Waals surface area contributed by atoms with Crippen molar-refractivity contribution in [1.29, 1.82) is 0 Å². The second-order valence-corrected chi connectivity index (χ2v) is 7.70. The van der Waals surface area contributed by atoms with Crippen molar-refractivity contribution in [3.8, 4) is 5.75 Å². The third-order valence-corrected chi connectivity index (χ3v) is 5.53. The zero-order valence-corrected chi connectivity index (χ0v) is 21.6. The van der Waals surface area contributed by atoms with Crippen LogP contribution < -0.4 is 10.7 Å². The molecule has 0 aromatic heterocycles. The second kappa shape index (κ2) is 13.6. The molecule has 0 saturated carbocycles. The zero-order valence-electron chi connectivity index (χ0n) is 18.2. The smallest absolute Gasteiger partial charge is 0.121 e. The number of phenols is 1. The van der Waals surface area contributed by atoms with Crippen LogP contribution in [0.3, 0.4) is 0 Å². The number of nitrogen functional groups attached to an aromatic ring is 1. The van der Waals surface area contributed by atoms with Crippen LogP contribution in [0, 0.1) is 0 Å². The molecule has 3 N–H and O–H groups in total. The van der Waals surface area contributed by atoms with Gasteiger partial charge in [0.15, 0.2) is 0 Å². The van der Waals surface area contributed by atoms with Crippen molar-refractivity contribution in [2.75, 3.05) is 44.0 Å². The number of fused-ring (bicyclic) bond motifs is 1. The van der Waals surface area contributed by atoms with Gasteiger partial charge < -0.3 is 30.3 Å². The van der Waals surface area contributed by atoms with Gasteiger partial charge in [-0.25, -0.2) is 5.01 Å². The number of carbonyl (C=O) groups excluding carboxylic acids is 2. The van der Waals surface area contributed by atoms with Gasteiger partial charge in [-0.15, -0.1) is 34.0 Å². The largest absolute Gasteiger partial charge is 0.508 e. The molecule has 1 unspecified atom stereocenters. The first-order chi connectivity index (χ1) is 14.5. The number of aldehydes is 2. The third-order valence-electron chi connectivity index (χ3n) is 5.53. The van der Waals surface area contributed by atoms with E-state index in [0.29, 0.717) is 31.6 Å². The van der Waals surface area contributed by atoms with E-state index in [2.05, 4.69) is 22.0 Å². The number of phenolic OH excluding ortho intramolecular Hbond substituents is 1. The van der Waals surface area contributed by atoms with Crippen molar-refractivity contribution in [2.24, 2.45) is 0 Å². The van der Waals surface area contributed by atoms with Crippen molar-refractivity contribution in [3.63, 3.8) is 0 Å². The van der Waals surface area contributed by atoms with Crippen LogP contribution in [0.25, 0.3) is 0 Å². The van der Waals surface area contributed by atoms with Crippen LogP contribution in [-0.4, -0.2) is 60.8 Å². The Hall–Kier alpha value is -1.94. The summed E-state index contributed by atoms with van der Waals surface area (Å²) in [5.41, 5.74) is 9.69. The predicted molar refractivity (Wildman–Crippen MR) is 139 cm³/mol. The van der Waals surface area contributed by atoms with E-state index >= 15 is 0 Å². The van der Waals surface area contributed by atoms with Gasteiger partial charge in [0, 0.05) is 44.7 Å². The molecular formula is C23H32Br2N4O3. The maximum absolute atomic E-state index is 11.3. The quantitative estimate of drug-likeness (QED) is 0.270. The highest BCUT2D eigenvalue weighted by Crippen LogP contribution is 2.34. The van der Waals surface area contributed by atoms with Crippen LogP contribution in [0.2, 0.25) is 0 Å². The fraction of sp³-hybridized carbons (Fsp3) is 0.391. The van der Waals surface area contributed by atoms with Crippen molar-refractivity contribution >= 4 is 57.9 Å². The molecule has 1 atom stereocenters. The Kier molecular flexibility index (Phi) is 11.9. The molecule has 0 aliphatic carbocycles. The van der Waals surface area contributed by atoms with Crippen LogP contribution in [0.5, 0.6) is 5.75 Å². The first-order valence-corrected chi connectivity index (χ1v) is 10.3. The highest BCUT2D eigenvalue weighted by molar-refractivity contribution is 8.93. The van der Waals surface area contributed by atoms with Gasteiger partial charge in [0.05, 0.1) is 11.7 Å². The SMILES string of the molecule is Br.Br.CN1CCc2ccc(O)cc2C(N(CCC=O)N(CCC=O)c2ccc(N)cc2)C1. The lowest BCUT2D eigenvalue weighted by Crippen LogP contribution is -2.49. The summed E-state index contributed by atoms with van der Waals surface area (Å²) < 4.78 is 0. The number of carbonyl (C=O) groups is 2. The van der Waals surface area contributed by atoms with Crippen LogP contribution in [0.4, 0.5) is 11.4 Å². The van der Waals surface area contributed by atoms with Gasteiger partial charge in [-0.1, -0.05) is 6.07 Å². The highest BCUT2D eigenvalue weighted by atomic mass is 79.9. The van der Waals surface area contributed by atoms with Gasteiger partial charge in [-0.3, -0.25) is 0 Å². The lowest BCUT2D eigenvalue weighted by molar-refractivity contribution is -0.109. The molecule has 2 aromatic rings. The van der Waals surface area contributed by atoms with Crippen molar-refractivity contribution in [3.05, 3.63) is 53.6 Å². The number of hydrazine groups is 1. The van der Waals surface area contributed by atoms with Gasteiger partial charge in [-0.2, -0.15) is 0 Å². The molecule has 2 aromatic carbocycles. The normalized spacial score (nSPS) is 15.6. The van der Waals surface area contributed by atoms with E-state index in [0.717, 1.165) is 43.3 Å². The minimum atomic E-state index is -0.0799. The molecule has 32 heavy (non-hydrogen) atoms. The number of likely N-dealkylation sites (N-methyl/N-ethyl adjacent to an activating group) is 1. The molecule has 1 aliphatic rings. The van der Waals surface area contributed by atoms with Crippen molar-refractivity contribution in [2.45, 2.75) is 25.3 Å². The summed E-state index contributed by atoms with van der Waals surface area (Å²) in [6.07, 6.45) is 3.43. The summed E-state index contributed by atoms with van der Waals surface area (Å²) >= 11 is 0. The molecule has 7 nitrogen and oxygen atoms in total. The van der Waals surface area contributed by atoms with E-state index in [1.165, 1.54) is 5.56 Å². The Morgan fingerprint density at radius 2 is 1.72 bits per heavy atom. The summed E-state index contributed by atoms with van der Waals surface area (Å²) in [7, 11) is 2.08. The Balaban J connectivity index is 0.00000256. The van der Waals surface area contributed by atoms with Gasteiger partial charge in [0.2, 0.25) is 0 Å². The monoisotopic (exact) mass is 570 g/mol. The Morgan fingerprint density at radius 3 is 2.38 bits per heavy atom. The number of anilines is 2. The first kappa shape index (κ1) is 28.1. The van der Waals surface area contributed by atoms with Crippen LogP contribution in [0.1, 0.15) is 30.0 Å². The molecule has 0 saturated heterocycles. The van der Waals surface area contributed by atoms with Gasteiger partial charge >= 0.3 is 0 Å². The first-order valence-electron chi connectivity index (χ1n) is 10.3. The summed E-state index contributed by atoms with van der Waals surface area (Å²) in [4.78, 5) is 24.7. The Bertz CT molecular complexity index is 867. The number of nitrogens with zero attached hydrogens (tertiary/aromatic N) is 3. The maximum Gasteiger partial charge on any atom is 0.121 e. The predicted octanol–water partition coefficient (Wildman–Crippen LogP) is 3.56.